The zero-order valence-corrected chi connectivity index (χ0v) is 14.6. The van der Waals surface area contributed by atoms with Gasteiger partial charge in [-0.2, -0.15) is 0 Å². The van der Waals surface area contributed by atoms with Crippen LogP contribution in [0.4, 0.5) is 5.69 Å². The van der Waals surface area contributed by atoms with Gasteiger partial charge in [-0.1, -0.05) is 48.5 Å². The fourth-order valence-electron chi connectivity index (χ4n) is 4.41. The molecule has 3 aromatic rings. The summed E-state index contributed by atoms with van der Waals surface area (Å²) in [5, 5.41) is 0. The maximum atomic E-state index is 13.1. The second kappa shape index (κ2) is 5.73. The maximum Gasteiger partial charge on any atom is 0.259 e. The summed E-state index contributed by atoms with van der Waals surface area (Å²) < 4.78 is 5.46. The van der Waals surface area contributed by atoms with E-state index >= 15 is 0 Å². The SMILES string of the molecule is COc1ccc2c(c1)[C@@H](c1ccccc1)C[C@H]1c3ccccc3C(=O)N21. The van der Waals surface area contributed by atoms with Crippen molar-refractivity contribution in [3.05, 3.63) is 95.1 Å². The van der Waals surface area contributed by atoms with Gasteiger partial charge < -0.3 is 9.64 Å². The van der Waals surface area contributed by atoms with E-state index in [0.29, 0.717) is 0 Å². The lowest BCUT2D eigenvalue weighted by molar-refractivity contribution is 0.0988. The van der Waals surface area contributed by atoms with Gasteiger partial charge in [0.25, 0.3) is 5.91 Å². The largest absolute Gasteiger partial charge is 0.497 e. The molecule has 3 aromatic carbocycles. The Bertz CT molecular complexity index is 996. The number of hydrogen-bond donors (Lipinski definition) is 0. The van der Waals surface area contributed by atoms with Crippen LogP contribution < -0.4 is 9.64 Å². The summed E-state index contributed by atoms with van der Waals surface area (Å²) in [4.78, 5) is 15.1. The molecule has 26 heavy (non-hydrogen) atoms. The van der Waals surface area contributed by atoms with E-state index in [4.69, 9.17) is 4.74 Å². The third-order valence-electron chi connectivity index (χ3n) is 5.61. The molecule has 2 atom stereocenters. The smallest absolute Gasteiger partial charge is 0.259 e. The summed E-state index contributed by atoms with van der Waals surface area (Å²) in [7, 11) is 1.68. The van der Waals surface area contributed by atoms with E-state index < -0.39 is 0 Å². The van der Waals surface area contributed by atoms with Crippen molar-refractivity contribution >= 4 is 11.6 Å². The van der Waals surface area contributed by atoms with Crippen molar-refractivity contribution in [2.45, 2.75) is 18.4 Å². The highest BCUT2D eigenvalue weighted by Gasteiger charge is 2.43. The van der Waals surface area contributed by atoms with Crippen LogP contribution in [0.25, 0.3) is 0 Å². The van der Waals surface area contributed by atoms with Crippen LogP contribution in [0.2, 0.25) is 0 Å². The number of ether oxygens (including phenoxy) is 1. The van der Waals surface area contributed by atoms with Crippen LogP contribution >= 0.6 is 0 Å². The lowest BCUT2D eigenvalue weighted by atomic mass is 9.80. The van der Waals surface area contributed by atoms with Gasteiger partial charge in [0.05, 0.1) is 13.2 Å². The number of hydrogen-bond acceptors (Lipinski definition) is 2. The van der Waals surface area contributed by atoms with Crippen molar-refractivity contribution in [3.8, 4) is 5.75 Å². The molecule has 0 spiro atoms. The number of benzene rings is 3. The quantitative estimate of drug-likeness (QED) is 0.661. The monoisotopic (exact) mass is 341 g/mol. The Morgan fingerprint density at radius 1 is 0.923 bits per heavy atom. The van der Waals surface area contributed by atoms with Gasteiger partial charge >= 0.3 is 0 Å². The van der Waals surface area contributed by atoms with Gasteiger partial charge in [0.15, 0.2) is 0 Å². The Kier molecular flexibility index (Phi) is 3.35. The number of fused-ring (bicyclic) bond motifs is 5. The summed E-state index contributed by atoms with van der Waals surface area (Å²) in [6.45, 7) is 0. The molecule has 2 heterocycles. The highest BCUT2D eigenvalue weighted by molar-refractivity contribution is 6.12. The zero-order valence-electron chi connectivity index (χ0n) is 14.6. The first-order valence-corrected chi connectivity index (χ1v) is 8.93. The summed E-state index contributed by atoms with van der Waals surface area (Å²) in [5.41, 5.74) is 5.40. The molecule has 2 aliphatic rings. The normalized spacial score (nSPS) is 20.3. The first kappa shape index (κ1) is 15.2. The van der Waals surface area contributed by atoms with Crippen LogP contribution in [-0.4, -0.2) is 13.0 Å². The van der Waals surface area contributed by atoms with Gasteiger partial charge in [0.2, 0.25) is 0 Å². The Labute approximate surface area is 152 Å². The van der Waals surface area contributed by atoms with E-state index in [1.165, 1.54) is 5.56 Å². The molecule has 1 amide bonds. The molecule has 0 unspecified atom stereocenters. The Hall–Kier alpha value is -3.07. The Morgan fingerprint density at radius 3 is 2.50 bits per heavy atom. The second-order valence-electron chi connectivity index (χ2n) is 6.90. The number of methoxy groups -OCH3 is 1. The predicted molar refractivity (Wildman–Crippen MR) is 102 cm³/mol. The van der Waals surface area contributed by atoms with E-state index in [1.54, 1.807) is 7.11 Å². The van der Waals surface area contributed by atoms with Gasteiger partial charge in [-0.15, -0.1) is 0 Å². The molecule has 0 aromatic heterocycles. The minimum Gasteiger partial charge on any atom is -0.497 e. The minimum absolute atomic E-state index is 0.0878. The van der Waals surface area contributed by atoms with Crippen LogP contribution in [0.1, 0.15) is 45.4 Å². The van der Waals surface area contributed by atoms with E-state index in [1.807, 2.05) is 41.3 Å². The molecule has 0 radical (unpaired) electrons. The lowest BCUT2D eigenvalue weighted by Crippen LogP contribution is -2.34. The van der Waals surface area contributed by atoms with Crippen molar-refractivity contribution in [1.82, 2.24) is 0 Å². The average Bonchev–Trinajstić information content (AvgIpc) is 3.00. The molecule has 0 saturated heterocycles. The Morgan fingerprint density at radius 2 is 1.69 bits per heavy atom. The summed E-state index contributed by atoms with van der Waals surface area (Å²) in [6.07, 6.45) is 0.882. The molecule has 3 nitrogen and oxygen atoms in total. The summed E-state index contributed by atoms with van der Waals surface area (Å²) in [6, 6.07) is 24.7. The topological polar surface area (TPSA) is 29.5 Å². The second-order valence-corrected chi connectivity index (χ2v) is 6.90. The molecule has 128 valence electrons. The molecule has 0 bridgehead atoms. The number of carbonyl (C=O) groups excluding carboxylic acids is 1. The molecule has 0 N–H and O–H groups in total. The first-order chi connectivity index (χ1) is 12.8. The maximum absolute atomic E-state index is 13.1. The van der Waals surface area contributed by atoms with E-state index in [2.05, 4.69) is 36.4 Å². The van der Waals surface area contributed by atoms with Crippen LogP contribution in [0, 0.1) is 0 Å². The third-order valence-corrected chi connectivity index (χ3v) is 5.61. The number of rotatable bonds is 2. The van der Waals surface area contributed by atoms with Crippen LogP contribution in [0.5, 0.6) is 5.75 Å². The molecule has 0 fully saturated rings. The highest BCUT2D eigenvalue weighted by Crippen LogP contribution is 2.52. The van der Waals surface area contributed by atoms with Gasteiger partial charge in [0, 0.05) is 17.2 Å². The standard InChI is InChI=1S/C23H19NO2/c1-26-16-11-12-21-20(13-16)19(15-7-3-2-4-8-15)14-22-17-9-5-6-10-18(17)23(25)24(21)22/h2-13,19,22H,14H2,1H3/t19-,22+/m1/s1. The van der Waals surface area contributed by atoms with Crippen molar-refractivity contribution in [1.29, 1.82) is 0 Å². The lowest BCUT2D eigenvalue weighted by Gasteiger charge is -2.37. The molecule has 2 aliphatic heterocycles. The van der Waals surface area contributed by atoms with E-state index in [-0.39, 0.29) is 17.9 Å². The zero-order chi connectivity index (χ0) is 17.7. The van der Waals surface area contributed by atoms with Crippen molar-refractivity contribution in [2.24, 2.45) is 0 Å². The first-order valence-electron chi connectivity index (χ1n) is 8.93. The number of carbonyl (C=O) groups is 1. The molecular weight excluding hydrogens is 322 g/mol. The van der Waals surface area contributed by atoms with Gasteiger partial charge in [0.1, 0.15) is 5.75 Å². The van der Waals surface area contributed by atoms with Crippen LogP contribution in [0.3, 0.4) is 0 Å². The van der Waals surface area contributed by atoms with Crippen LogP contribution in [0.15, 0.2) is 72.8 Å². The fraction of sp³-hybridized carbons (Fsp3) is 0.174. The van der Waals surface area contributed by atoms with Crippen molar-refractivity contribution < 1.29 is 9.53 Å². The van der Waals surface area contributed by atoms with Gasteiger partial charge in [-0.05, 0) is 47.4 Å². The molecule has 0 saturated carbocycles. The van der Waals surface area contributed by atoms with E-state index in [0.717, 1.165) is 34.5 Å². The third kappa shape index (κ3) is 2.10. The number of amides is 1. The summed E-state index contributed by atoms with van der Waals surface area (Å²) >= 11 is 0. The molecule has 3 heteroatoms. The van der Waals surface area contributed by atoms with Crippen molar-refractivity contribution in [2.75, 3.05) is 12.0 Å². The van der Waals surface area contributed by atoms with E-state index in [9.17, 15) is 4.79 Å². The fourth-order valence-corrected chi connectivity index (χ4v) is 4.41. The number of anilines is 1. The summed E-state index contributed by atoms with van der Waals surface area (Å²) in [5.74, 6) is 1.16. The van der Waals surface area contributed by atoms with Crippen molar-refractivity contribution in [3.63, 3.8) is 0 Å². The Balaban J connectivity index is 1.72. The molecule has 0 aliphatic carbocycles. The number of nitrogens with zero attached hydrogens (tertiary/aromatic N) is 1. The average molecular weight is 341 g/mol. The minimum atomic E-state index is 0.0878. The predicted octanol–water partition coefficient (Wildman–Crippen LogP) is 4.93. The van der Waals surface area contributed by atoms with Gasteiger partial charge in [-0.25, -0.2) is 0 Å². The highest BCUT2D eigenvalue weighted by atomic mass is 16.5. The molecular formula is C23H19NO2. The van der Waals surface area contributed by atoms with Gasteiger partial charge in [-0.3, -0.25) is 4.79 Å². The van der Waals surface area contributed by atoms with Crippen LogP contribution in [-0.2, 0) is 0 Å². The molecule has 5 rings (SSSR count).